The predicted octanol–water partition coefficient (Wildman–Crippen LogP) is 1.54. The van der Waals surface area contributed by atoms with E-state index in [4.69, 9.17) is 0 Å². The molecule has 1 atom stereocenters. The van der Waals surface area contributed by atoms with Crippen LogP contribution in [0.4, 0.5) is 4.79 Å². The van der Waals surface area contributed by atoms with Gasteiger partial charge in [0.1, 0.15) is 12.1 Å². The van der Waals surface area contributed by atoms with Crippen molar-refractivity contribution in [3.05, 3.63) is 48.6 Å². The first-order chi connectivity index (χ1) is 11.0. The van der Waals surface area contributed by atoms with Crippen LogP contribution in [0.5, 0.6) is 0 Å². The molecular weight excluding hydrogens is 294 g/mol. The van der Waals surface area contributed by atoms with Crippen LogP contribution in [0.1, 0.15) is 25.3 Å². The zero-order chi connectivity index (χ0) is 16.9. The highest BCUT2D eigenvalue weighted by molar-refractivity contribution is 6.09. The maximum Gasteiger partial charge on any atom is 0.325 e. The molecule has 4 amide bonds. The summed E-state index contributed by atoms with van der Waals surface area (Å²) in [6.07, 6.45) is 2.74. The molecule has 0 unspecified atom stereocenters. The molecule has 23 heavy (non-hydrogen) atoms. The molecule has 2 rings (SSSR count). The number of imide groups is 1. The summed E-state index contributed by atoms with van der Waals surface area (Å²) in [6.45, 7) is 5.45. The molecule has 1 saturated heterocycles. The first-order valence-electron chi connectivity index (χ1n) is 7.62. The van der Waals surface area contributed by atoms with Crippen LogP contribution in [0, 0.1) is 0 Å². The van der Waals surface area contributed by atoms with Gasteiger partial charge in [0.25, 0.3) is 5.91 Å². The van der Waals surface area contributed by atoms with Crippen LogP contribution in [-0.4, -0.2) is 35.8 Å². The van der Waals surface area contributed by atoms with Crippen LogP contribution in [0.15, 0.2) is 43.0 Å². The Morgan fingerprint density at radius 2 is 2.04 bits per heavy atom. The van der Waals surface area contributed by atoms with Crippen molar-refractivity contribution in [3.8, 4) is 0 Å². The zero-order valence-corrected chi connectivity index (χ0v) is 13.2. The number of benzene rings is 1. The molecule has 1 aromatic carbocycles. The number of nitrogens with zero attached hydrogens (tertiary/aromatic N) is 1. The van der Waals surface area contributed by atoms with Gasteiger partial charge in [0.05, 0.1) is 0 Å². The molecule has 6 nitrogen and oxygen atoms in total. The average molecular weight is 315 g/mol. The van der Waals surface area contributed by atoms with E-state index in [2.05, 4.69) is 17.2 Å². The third-order valence-electron chi connectivity index (χ3n) is 3.81. The number of carbonyl (C=O) groups is 3. The van der Waals surface area contributed by atoms with Gasteiger partial charge in [-0.1, -0.05) is 49.8 Å². The summed E-state index contributed by atoms with van der Waals surface area (Å²) >= 11 is 0. The van der Waals surface area contributed by atoms with Crippen molar-refractivity contribution < 1.29 is 14.4 Å². The Kier molecular flexibility index (Phi) is 5.16. The van der Waals surface area contributed by atoms with Crippen molar-refractivity contribution in [3.63, 3.8) is 0 Å². The minimum absolute atomic E-state index is 0.293. The van der Waals surface area contributed by atoms with Gasteiger partial charge in [0.2, 0.25) is 5.91 Å². The van der Waals surface area contributed by atoms with Crippen LogP contribution < -0.4 is 10.6 Å². The average Bonchev–Trinajstić information content (AvgIpc) is 2.79. The number of nitrogens with one attached hydrogen (secondary N) is 2. The normalized spacial score (nSPS) is 20.3. The number of amides is 4. The van der Waals surface area contributed by atoms with E-state index in [9.17, 15) is 14.4 Å². The molecule has 0 spiro atoms. The monoisotopic (exact) mass is 315 g/mol. The lowest BCUT2D eigenvalue weighted by atomic mass is 9.85. The van der Waals surface area contributed by atoms with Crippen molar-refractivity contribution in [1.29, 1.82) is 0 Å². The molecule has 0 bridgehead atoms. The third-order valence-corrected chi connectivity index (χ3v) is 3.81. The molecule has 6 heteroatoms. The second-order valence-corrected chi connectivity index (χ2v) is 5.44. The second kappa shape index (κ2) is 7.09. The van der Waals surface area contributed by atoms with E-state index in [1.807, 2.05) is 37.3 Å². The number of rotatable bonds is 7. The van der Waals surface area contributed by atoms with Crippen LogP contribution in [0.2, 0.25) is 0 Å². The fraction of sp³-hybridized carbons (Fsp3) is 0.353. The van der Waals surface area contributed by atoms with Crippen LogP contribution >= 0.6 is 0 Å². The quantitative estimate of drug-likeness (QED) is 0.592. The Morgan fingerprint density at radius 1 is 1.35 bits per heavy atom. The molecule has 1 aliphatic heterocycles. The van der Waals surface area contributed by atoms with Gasteiger partial charge >= 0.3 is 6.03 Å². The summed E-state index contributed by atoms with van der Waals surface area (Å²) in [5.74, 6) is -0.780. The molecule has 0 radical (unpaired) electrons. The number of carbonyl (C=O) groups excluding carboxylic acids is 3. The van der Waals surface area contributed by atoms with E-state index >= 15 is 0 Å². The predicted molar refractivity (Wildman–Crippen MR) is 86.5 cm³/mol. The van der Waals surface area contributed by atoms with Crippen molar-refractivity contribution in [2.75, 3.05) is 13.1 Å². The summed E-state index contributed by atoms with van der Waals surface area (Å²) in [5.41, 5.74) is -0.361. The van der Waals surface area contributed by atoms with E-state index in [0.29, 0.717) is 13.0 Å². The van der Waals surface area contributed by atoms with Crippen LogP contribution in [-0.2, 0) is 15.1 Å². The van der Waals surface area contributed by atoms with Crippen molar-refractivity contribution in [2.45, 2.75) is 25.3 Å². The van der Waals surface area contributed by atoms with E-state index < -0.39 is 17.5 Å². The van der Waals surface area contributed by atoms with Gasteiger partial charge in [-0.05, 0) is 12.0 Å². The highest BCUT2D eigenvalue weighted by Gasteiger charge is 2.51. The number of hydrogen-bond acceptors (Lipinski definition) is 3. The van der Waals surface area contributed by atoms with Gasteiger partial charge in [-0.25, -0.2) is 4.79 Å². The Bertz CT molecular complexity index is 615. The van der Waals surface area contributed by atoms with E-state index in [-0.39, 0.29) is 12.5 Å². The maximum atomic E-state index is 12.9. The van der Waals surface area contributed by atoms with Crippen molar-refractivity contribution >= 4 is 17.8 Å². The molecule has 0 saturated carbocycles. The highest BCUT2D eigenvalue weighted by atomic mass is 16.2. The van der Waals surface area contributed by atoms with Crippen molar-refractivity contribution in [1.82, 2.24) is 15.5 Å². The van der Waals surface area contributed by atoms with E-state index in [1.54, 1.807) is 0 Å². The van der Waals surface area contributed by atoms with Gasteiger partial charge in [-0.15, -0.1) is 6.58 Å². The second-order valence-electron chi connectivity index (χ2n) is 5.44. The molecule has 122 valence electrons. The highest BCUT2D eigenvalue weighted by Crippen LogP contribution is 2.33. The minimum Gasteiger partial charge on any atom is -0.351 e. The molecule has 1 fully saturated rings. The van der Waals surface area contributed by atoms with Crippen LogP contribution in [0.25, 0.3) is 0 Å². The van der Waals surface area contributed by atoms with Crippen LogP contribution in [0.3, 0.4) is 0 Å². The number of urea groups is 1. The van der Waals surface area contributed by atoms with Gasteiger partial charge < -0.3 is 10.6 Å². The van der Waals surface area contributed by atoms with Gasteiger partial charge in [-0.3, -0.25) is 14.5 Å². The van der Waals surface area contributed by atoms with Crippen molar-refractivity contribution in [2.24, 2.45) is 0 Å². The summed E-state index contributed by atoms with van der Waals surface area (Å²) in [6, 6.07) is 8.59. The fourth-order valence-corrected chi connectivity index (χ4v) is 2.76. The largest absolute Gasteiger partial charge is 0.351 e. The lowest BCUT2D eigenvalue weighted by molar-refractivity contribution is -0.135. The molecule has 0 aliphatic carbocycles. The lowest BCUT2D eigenvalue weighted by Crippen LogP contribution is -2.45. The fourth-order valence-electron chi connectivity index (χ4n) is 2.76. The Hall–Kier alpha value is -2.63. The van der Waals surface area contributed by atoms with Gasteiger partial charge in [0.15, 0.2) is 0 Å². The molecule has 0 aromatic heterocycles. The summed E-state index contributed by atoms with van der Waals surface area (Å²) in [5, 5.41) is 5.35. The maximum absolute atomic E-state index is 12.9. The summed E-state index contributed by atoms with van der Waals surface area (Å²) in [7, 11) is 0. The Balaban J connectivity index is 2.26. The summed E-state index contributed by atoms with van der Waals surface area (Å²) in [4.78, 5) is 37.9. The molecule has 2 N–H and O–H groups in total. The SMILES string of the molecule is C=CCNC(=O)CN1C(=O)N[C@](CCC)(c2ccccc2)C1=O. The minimum atomic E-state index is -1.09. The zero-order valence-electron chi connectivity index (χ0n) is 13.2. The number of hydrogen-bond donors (Lipinski definition) is 2. The Labute approximate surface area is 135 Å². The van der Waals surface area contributed by atoms with Gasteiger partial charge in [-0.2, -0.15) is 0 Å². The first kappa shape index (κ1) is 16.7. The van der Waals surface area contributed by atoms with E-state index in [1.165, 1.54) is 6.08 Å². The van der Waals surface area contributed by atoms with E-state index in [0.717, 1.165) is 16.9 Å². The molecule has 1 aromatic rings. The third kappa shape index (κ3) is 3.26. The molecular formula is C17H21N3O3. The smallest absolute Gasteiger partial charge is 0.325 e. The summed E-state index contributed by atoms with van der Waals surface area (Å²) < 4.78 is 0. The molecule has 1 aliphatic rings. The first-order valence-corrected chi connectivity index (χ1v) is 7.62. The van der Waals surface area contributed by atoms with Gasteiger partial charge in [0, 0.05) is 6.54 Å². The lowest BCUT2D eigenvalue weighted by Gasteiger charge is -2.26. The molecule has 1 heterocycles. The Morgan fingerprint density at radius 3 is 2.65 bits per heavy atom. The standard InChI is InChI=1S/C17H21N3O3/c1-3-10-17(13-8-6-5-7-9-13)15(22)20(16(23)19-17)12-14(21)18-11-4-2/h4-9H,2-3,10-12H2,1H3,(H,18,21)(H,19,23)/t17-/m1/s1. The topological polar surface area (TPSA) is 78.5 Å².